The number of carbonyl (C=O) groups is 3. The van der Waals surface area contributed by atoms with Gasteiger partial charge in [-0.3, -0.25) is 14.4 Å². The zero-order chi connectivity index (χ0) is 22.9. The van der Waals surface area contributed by atoms with Gasteiger partial charge in [0, 0.05) is 28.5 Å². The summed E-state index contributed by atoms with van der Waals surface area (Å²) in [7, 11) is 0. The molecule has 170 valence electrons. The molecule has 3 fully saturated rings. The maximum Gasteiger partial charge on any atom is 0.303 e. The van der Waals surface area contributed by atoms with Crippen molar-refractivity contribution in [2.75, 3.05) is 6.61 Å². The van der Waals surface area contributed by atoms with E-state index in [2.05, 4.69) is 22.9 Å². The summed E-state index contributed by atoms with van der Waals surface area (Å²) in [6.45, 7) is 6.63. The Morgan fingerprint density at radius 3 is 2.65 bits per heavy atom. The molecule has 0 heterocycles. The van der Waals surface area contributed by atoms with Crippen LogP contribution < -0.4 is 0 Å². The molecule has 2 N–H and O–H groups in total. The van der Waals surface area contributed by atoms with Gasteiger partial charge in [-0.15, -0.1) is 0 Å². The van der Waals surface area contributed by atoms with Crippen LogP contribution >= 0.6 is 15.9 Å². The number of esters is 1. The van der Waals surface area contributed by atoms with E-state index in [4.69, 9.17) is 4.74 Å². The molecule has 0 bridgehead atoms. The summed E-state index contributed by atoms with van der Waals surface area (Å²) in [5.41, 5.74) is -1.93. The number of ether oxygens (including phenoxy) is 1. The topological polar surface area (TPSA) is 101 Å². The van der Waals surface area contributed by atoms with Crippen molar-refractivity contribution < 1.29 is 29.3 Å². The molecule has 7 heteroatoms. The van der Waals surface area contributed by atoms with E-state index in [-0.39, 0.29) is 40.7 Å². The molecular weight excluding hydrogens is 464 g/mol. The lowest BCUT2D eigenvalue weighted by Gasteiger charge is -2.61. The van der Waals surface area contributed by atoms with E-state index in [9.17, 15) is 24.6 Å². The lowest BCUT2D eigenvalue weighted by Crippen LogP contribution is -2.64. The fourth-order valence-electron chi connectivity index (χ4n) is 7.45. The summed E-state index contributed by atoms with van der Waals surface area (Å²) < 4.78 is 4.94. The molecule has 0 spiro atoms. The molecule has 9 atom stereocenters. The number of fused-ring (bicyclic) bond motifs is 5. The summed E-state index contributed by atoms with van der Waals surface area (Å²) in [6.07, 6.45) is 6.07. The van der Waals surface area contributed by atoms with Crippen molar-refractivity contribution in [1.82, 2.24) is 0 Å². The predicted molar refractivity (Wildman–Crippen MR) is 117 cm³/mol. The summed E-state index contributed by atoms with van der Waals surface area (Å²) >= 11 is 3.85. The minimum absolute atomic E-state index is 0.00374. The van der Waals surface area contributed by atoms with E-state index in [1.165, 1.54) is 6.92 Å². The number of aliphatic hydroxyl groups is 2. The molecule has 4 unspecified atom stereocenters. The highest BCUT2D eigenvalue weighted by Gasteiger charge is 2.71. The zero-order valence-corrected chi connectivity index (χ0v) is 20.0. The van der Waals surface area contributed by atoms with Gasteiger partial charge >= 0.3 is 5.97 Å². The number of rotatable bonds is 3. The minimum Gasteiger partial charge on any atom is -0.458 e. The summed E-state index contributed by atoms with van der Waals surface area (Å²) in [6, 6.07) is 0. The molecular formula is C24H31BrO6. The summed E-state index contributed by atoms with van der Waals surface area (Å²) in [5, 5.41) is 23.2. The second-order valence-electron chi connectivity index (χ2n) is 10.4. The maximum atomic E-state index is 13.1. The van der Waals surface area contributed by atoms with Gasteiger partial charge in [0.15, 0.2) is 12.4 Å². The van der Waals surface area contributed by atoms with Crippen molar-refractivity contribution in [2.45, 2.75) is 63.5 Å². The molecule has 4 aliphatic rings. The molecule has 0 radical (unpaired) electrons. The van der Waals surface area contributed by atoms with Crippen LogP contribution in [0.4, 0.5) is 0 Å². The largest absolute Gasteiger partial charge is 0.458 e. The van der Waals surface area contributed by atoms with E-state index in [1.807, 2.05) is 19.9 Å². The van der Waals surface area contributed by atoms with Crippen LogP contribution in [0.5, 0.6) is 0 Å². The van der Waals surface area contributed by atoms with Crippen LogP contribution in [0.15, 0.2) is 23.8 Å². The van der Waals surface area contributed by atoms with Crippen molar-refractivity contribution in [3.05, 3.63) is 23.8 Å². The quantitative estimate of drug-likeness (QED) is 0.462. The fraction of sp³-hybridized carbons (Fsp3) is 0.708. The van der Waals surface area contributed by atoms with E-state index in [0.29, 0.717) is 12.8 Å². The average Bonchev–Trinajstić information content (AvgIpc) is 2.88. The van der Waals surface area contributed by atoms with Crippen LogP contribution in [0.3, 0.4) is 0 Å². The Hall–Kier alpha value is -1.31. The first kappa shape index (κ1) is 22.9. The number of alkyl halides is 1. The second-order valence-corrected chi connectivity index (χ2v) is 11.6. The van der Waals surface area contributed by atoms with Gasteiger partial charge < -0.3 is 14.9 Å². The van der Waals surface area contributed by atoms with Crippen molar-refractivity contribution in [3.63, 3.8) is 0 Å². The van der Waals surface area contributed by atoms with Crippen LogP contribution in [-0.4, -0.2) is 50.9 Å². The monoisotopic (exact) mass is 494 g/mol. The van der Waals surface area contributed by atoms with Crippen LogP contribution in [0, 0.1) is 34.5 Å². The molecule has 4 rings (SSSR count). The van der Waals surface area contributed by atoms with E-state index in [1.54, 1.807) is 12.2 Å². The number of hydrogen-bond acceptors (Lipinski definition) is 6. The van der Waals surface area contributed by atoms with Crippen LogP contribution in [0.1, 0.15) is 47.0 Å². The SMILES string of the molecule is CC(=O)OCC(=O)[C@@]1(O)[C@@H](C)CC2C3C(C(O)C[C@@]21C)[C@@]1(C)C=CC(=O)C=C1C[C@H]3Br. The van der Waals surface area contributed by atoms with Crippen molar-refractivity contribution in [3.8, 4) is 0 Å². The van der Waals surface area contributed by atoms with Gasteiger partial charge in [-0.05, 0) is 49.2 Å². The number of carbonyl (C=O) groups excluding carboxylic acids is 3. The molecule has 0 aliphatic heterocycles. The molecule has 31 heavy (non-hydrogen) atoms. The number of aliphatic hydroxyl groups excluding tert-OH is 1. The Morgan fingerprint density at radius 2 is 2.00 bits per heavy atom. The number of allylic oxidation sites excluding steroid dienone is 4. The normalized spacial score (nSPS) is 48.4. The Labute approximate surface area is 191 Å². The molecule has 0 aromatic rings. The Kier molecular flexibility index (Phi) is 5.43. The van der Waals surface area contributed by atoms with Crippen LogP contribution in [0.25, 0.3) is 0 Å². The fourth-order valence-corrected chi connectivity index (χ4v) is 8.50. The van der Waals surface area contributed by atoms with Crippen molar-refractivity contribution >= 4 is 33.5 Å². The average molecular weight is 495 g/mol. The van der Waals surface area contributed by atoms with E-state index in [0.717, 1.165) is 5.57 Å². The first-order valence-electron chi connectivity index (χ1n) is 11.0. The highest BCUT2D eigenvalue weighted by Crippen LogP contribution is 2.69. The van der Waals surface area contributed by atoms with Crippen molar-refractivity contribution in [1.29, 1.82) is 0 Å². The summed E-state index contributed by atoms with van der Waals surface area (Å²) in [4.78, 5) is 36.4. The number of Topliss-reactive ketones (excluding diaryl/α,β-unsaturated/α-hetero) is 1. The standard InChI is InChI=1S/C24H31BrO6/c1-12-7-16-20-17(25)9-14-8-15(27)5-6-22(14,3)21(20)18(28)10-23(16,4)24(12,30)19(29)11-31-13(2)26/h5-6,8,12,16-18,20-21,28,30H,7,9-11H2,1-4H3/t12-,16?,17+,18?,20?,21?,22-,23-,24-/m0/s1. The van der Waals surface area contributed by atoms with Gasteiger partial charge in [-0.25, -0.2) is 0 Å². The molecule has 6 nitrogen and oxygen atoms in total. The van der Waals surface area contributed by atoms with Gasteiger partial charge in [0.05, 0.1) is 6.10 Å². The number of halogens is 1. The molecule has 3 saturated carbocycles. The highest BCUT2D eigenvalue weighted by molar-refractivity contribution is 9.09. The molecule has 0 amide bonds. The lowest BCUT2D eigenvalue weighted by atomic mass is 9.46. The molecule has 0 aromatic heterocycles. The Bertz CT molecular complexity index is 895. The summed E-state index contributed by atoms with van der Waals surface area (Å²) in [5.74, 6) is -1.53. The van der Waals surface area contributed by atoms with Crippen LogP contribution in [-0.2, 0) is 19.1 Å². The van der Waals surface area contributed by atoms with Gasteiger partial charge in [0.1, 0.15) is 5.60 Å². The molecule has 0 aromatic carbocycles. The smallest absolute Gasteiger partial charge is 0.303 e. The third-order valence-corrected chi connectivity index (χ3v) is 9.83. The van der Waals surface area contributed by atoms with Gasteiger partial charge in [0.2, 0.25) is 5.78 Å². The minimum atomic E-state index is -1.68. The Morgan fingerprint density at radius 1 is 1.32 bits per heavy atom. The first-order chi connectivity index (χ1) is 14.4. The highest BCUT2D eigenvalue weighted by atomic mass is 79.9. The van der Waals surface area contributed by atoms with Gasteiger partial charge in [0.25, 0.3) is 0 Å². The van der Waals surface area contributed by atoms with Gasteiger partial charge in [-0.1, -0.05) is 48.4 Å². The first-order valence-corrected chi connectivity index (χ1v) is 11.9. The predicted octanol–water partition coefficient (Wildman–Crippen LogP) is 2.75. The lowest BCUT2D eigenvalue weighted by molar-refractivity contribution is -0.185. The Balaban J connectivity index is 1.75. The van der Waals surface area contributed by atoms with Gasteiger partial charge in [-0.2, -0.15) is 0 Å². The molecule has 4 aliphatic carbocycles. The maximum absolute atomic E-state index is 13.1. The zero-order valence-electron chi connectivity index (χ0n) is 18.4. The third kappa shape index (κ3) is 3.06. The number of hydrogen-bond donors (Lipinski definition) is 2. The van der Waals surface area contributed by atoms with E-state index >= 15 is 0 Å². The van der Waals surface area contributed by atoms with Crippen LogP contribution in [0.2, 0.25) is 0 Å². The second kappa shape index (κ2) is 7.35. The van der Waals surface area contributed by atoms with E-state index < -0.39 is 40.9 Å². The van der Waals surface area contributed by atoms with Crippen molar-refractivity contribution in [2.24, 2.45) is 34.5 Å². The number of ketones is 2. The third-order valence-electron chi connectivity index (χ3n) is 8.90. The molecule has 0 saturated heterocycles.